The van der Waals surface area contributed by atoms with Crippen LogP contribution in [0.1, 0.15) is 18.4 Å². The topological polar surface area (TPSA) is 66.5 Å². The van der Waals surface area contributed by atoms with Crippen molar-refractivity contribution < 1.29 is 13.2 Å². The number of hydrogen-bond donors (Lipinski definition) is 1. The normalized spacial score (nSPS) is 16.3. The van der Waals surface area contributed by atoms with Crippen molar-refractivity contribution >= 4 is 39.5 Å². The van der Waals surface area contributed by atoms with Gasteiger partial charge in [0.15, 0.2) is 0 Å². The van der Waals surface area contributed by atoms with Crippen LogP contribution in [-0.4, -0.2) is 38.0 Å². The molecule has 0 radical (unpaired) electrons. The number of hydrogen-bond acceptors (Lipinski definition) is 4. The van der Waals surface area contributed by atoms with Crippen LogP contribution in [0.3, 0.4) is 0 Å². The molecule has 0 atom stereocenters. The maximum Gasteiger partial charge on any atom is 0.236 e. The highest BCUT2D eigenvalue weighted by Crippen LogP contribution is 2.24. The number of rotatable bonds is 6. The lowest BCUT2D eigenvalue weighted by Gasteiger charge is -2.29. The largest absolute Gasteiger partial charge is 0.326 e. The lowest BCUT2D eigenvalue weighted by molar-refractivity contribution is -0.120. The van der Waals surface area contributed by atoms with Crippen molar-refractivity contribution in [3.8, 4) is 0 Å². The molecule has 148 valence electrons. The Morgan fingerprint density at radius 2 is 1.82 bits per heavy atom. The summed E-state index contributed by atoms with van der Waals surface area (Å²) in [6, 6.07) is 17.0. The van der Waals surface area contributed by atoms with Crippen molar-refractivity contribution in [1.82, 2.24) is 4.31 Å². The van der Waals surface area contributed by atoms with E-state index in [9.17, 15) is 13.2 Å². The number of nitrogens with one attached hydrogen (secondary N) is 1. The molecule has 0 aliphatic carbocycles. The van der Waals surface area contributed by atoms with Gasteiger partial charge in [-0.3, -0.25) is 4.79 Å². The summed E-state index contributed by atoms with van der Waals surface area (Å²) in [6.07, 6.45) is 4.63. The predicted octanol–water partition coefficient (Wildman–Crippen LogP) is 4.06. The van der Waals surface area contributed by atoms with E-state index in [0.29, 0.717) is 25.9 Å². The number of amides is 1. The van der Waals surface area contributed by atoms with Crippen molar-refractivity contribution in [3.05, 3.63) is 65.6 Å². The van der Waals surface area contributed by atoms with E-state index in [1.54, 1.807) is 17.8 Å². The van der Waals surface area contributed by atoms with E-state index in [-0.39, 0.29) is 11.8 Å². The number of nitrogens with zero attached hydrogens (tertiary/aromatic N) is 1. The van der Waals surface area contributed by atoms with E-state index in [4.69, 9.17) is 0 Å². The van der Waals surface area contributed by atoms with Crippen LogP contribution in [-0.2, 0) is 14.8 Å². The van der Waals surface area contributed by atoms with Crippen molar-refractivity contribution in [2.75, 3.05) is 24.7 Å². The Labute approximate surface area is 170 Å². The first kappa shape index (κ1) is 20.6. The van der Waals surface area contributed by atoms with Crippen LogP contribution in [0, 0.1) is 5.92 Å². The first-order valence-electron chi connectivity index (χ1n) is 9.16. The van der Waals surface area contributed by atoms with E-state index in [2.05, 4.69) is 5.32 Å². The molecule has 5 nitrogen and oxygen atoms in total. The molecular formula is C21H24N2O3S2. The number of benzene rings is 2. The summed E-state index contributed by atoms with van der Waals surface area (Å²) in [5.74, 6) is -0.224. The van der Waals surface area contributed by atoms with Crippen LogP contribution in [0.4, 0.5) is 5.69 Å². The molecule has 3 rings (SSSR count). The van der Waals surface area contributed by atoms with Crippen molar-refractivity contribution in [3.63, 3.8) is 0 Å². The number of anilines is 1. The second-order valence-corrected chi connectivity index (χ2v) is 9.35. The standard InChI is InChI=1S/C21H24N2O3S2/c1-27-20-9-5-8-19(16-20)22-21(24)18-10-13-23(14-11-18)28(25,26)15-12-17-6-3-2-4-7-17/h2-9,12,15-16,18H,10-11,13-14H2,1H3,(H,22,24)/b15-12+. The van der Waals surface area contributed by atoms with Gasteiger partial charge in [-0.25, -0.2) is 8.42 Å². The minimum Gasteiger partial charge on any atom is -0.326 e. The minimum absolute atomic E-state index is 0.0462. The Morgan fingerprint density at radius 3 is 2.50 bits per heavy atom. The molecule has 1 heterocycles. The Morgan fingerprint density at radius 1 is 1.11 bits per heavy atom. The highest BCUT2D eigenvalue weighted by Gasteiger charge is 2.30. The highest BCUT2D eigenvalue weighted by molar-refractivity contribution is 7.98. The zero-order chi connectivity index (χ0) is 20.0. The first-order chi connectivity index (χ1) is 13.5. The average molecular weight is 417 g/mol. The van der Waals surface area contributed by atoms with Gasteiger partial charge in [-0.15, -0.1) is 11.8 Å². The first-order valence-corrected chi connectivity index (χ1v) is 11.9. The third-order valence-electron chi connectivity index (χ3n) is 4.75. The molecule has 1 aliphatic heterocycles. The summed E-state index contributed by atoms with van der Waals surface area (Å²) in [5.41, 5.74) is 1.62. The molecule has 1 saturated heterocycles. The Bertz CT molecular complexity index is 935. The molecule has 0 bridgehead atoms. The van der Waals surface area contributed by atoms with Crippen LogP contribution >= 0.6 is 11.8 Å². The van der Waals surface area contributed by atoms with E-state index >= 15 is 0 Å². The van der Waals surface area contributed by atoms with Gasteiger partial charge >= 0.3 is 0 Å². The van der Waals surface area contributed by atoms with E-state index in [1.807, 2.05) is 60.9 Å². The summed E-state index contributed by atoms with van der Waals surface area (Å²) < 4.78 is 26.5. The summed E-state index contributed by atoms with van der Waals surface area (Å²) in [6.45, 7) is 0.703. The lowest BCUT2D eigenvalue weighted by atomic mass is 9.97. The Balaban J connectivity index is 1.56. The molecule has 7 heteroatoms. The van der Waals surface area contributed by atoms with Gasteiger partial charge in [0.05, 0.1) is 0 Å². The lowest BCUT2D eigenvalue weighted by Crippen LogP contribution is -2.40. The highest BCUT2D eigenvalue weighted by atomic mass is 32.2. The van der Waals surface area contributed by atoms with Gasteiger partial charge in [-0.05, 0) is 48.9 Å². The maximum absolute atomic E-state index is 12.5. The maximum atomic E-state index is 12.5. The Hall–Kier alpha value is -2.09. The molecule has 0 spiro atoms. The average Bonchev–Trinajstić information content (AvgIpc) is 2.73. The van der Waals surface area contributed by atoms with Crippen LogP contribution in [0.15, 0.2) is 64.9 Å². The van der Waals surface area contributed by atoms with Crippen LogP contribution in [0.25, 0.3) is 6.08 Å². The summed E-state index contributed by atoms with van der Waals surface area (Å²) in [5, 5.41) is 4.20. The fourth-order valence-electron chi connectivity index (χ4n) is 3.13. The zero-order valence-electron chi connectivity index (χ0n) is 15.7. The summed E-state index contributed by atoms with van der Waals surface area (Å²) >= 11 is 1.62. The summed E-state index contributed by atoms with van der Waals surface area (Å²) in [7, 11) is -3.48. The molecule has 1 amide bonds. The molecule has 0 saturated carbocycles. The number of piperidine rings is 1. The molecule has 28 heavy (non-hydrogen) atoms. The van der Waals surface area contributed by atoms with Gasteiger partial charge < -0.3 is 5.32 Å². The monoisotopic (exact) mass is 416 g/mol. The van der Waals surface area contributed by atoms with E-state index in [0.717, 1.165) is 16.1 Å². The van der Waals surface area contributed by atoms with Gasteiger partial charge in [0.1, 0.15) is 0 Å². The van der Waals surface area contributed by atoms with Crippen molar-refractivity contribution in [2.24, 2.45) is 5.92 Å². The van der Waals surface area contributed by atoms with Crippen LogP contribution in [0.2, 0.25) is 0 Å². The van der Waals surface area contributed by atoms with Crippen LogP contribution < -0.4 is 5.32 Å². The second kappa shape index (κ2) is 9.41. The molecule has 1 N–H and O–H groups in total. The SMILES string of the molecule is CSc1cccc(NC(=O)C2CCN(S(=O)(=O)/C=C/c3ccccc3)CC2)c1. The van der Waals surface area contributed by atoms with Crippen LogP contribution in [0.5, 0.6) is 0 Å². The molecule has 1 fully saturated rings. The third-order valence-corrected chi connectivity index (χ3v) is 7.04. The summed E-state index contributed by atoms with van der Waals surface area (Å²) in [4.78, 5) is 13.6. The van der Waals surface area contributed by atoms with Gasteiger partial charge in [0.2, 0.25) is 15.9 Å². The molecule has 0 unspecified atom stereocenters. The number of carbonyl (C=O) groups is 1. The fraction of sp³-hybridized carbons (Fsp3) is 0.286. The number of sulfonamides is 1. The zero-order valence-corrected chi connectivity index (χ0v) is 17.4. The number of thioether (sulfide) groups is 1. The van der Waals surface area contributed by atoms with E-state index in [1.165, 1.54) is 9.71 Å². The van der Waals surface area contributed by atoms with Gasteiger partial charge in [-0.1, -0.05) is 36.4 Å². The third kappa shape index (κ3) is 5.47. The van der Waals surface area contributed by atoms with Gasteiger partial charge in [-0.2, -0.15) is 4.31 Å². The van der Waals surface area contributed by atoms with Gasteiger partial charge in [0.25, 0.3) is 0 Å². The fourth-order valence-corrected chi connectivity index (χ4v) is 4.81. The van der Waals surface area contributed by atoms with Gasteiger partial charge in [0, 0.05) is 35.0 Å². The second-order valence-electron chi connectivity index (χ2n) is 6.65. The molecule has 1 aliphatic rings. The molecular weight excluding hydrogens is 392 g/mol. The van der Waals surface area contributed by atoms with Crippen molar-refractivity contribution in [1.29, 1.82) is 0 Å². The predicted molar refractivity (Wildman–Crippen MR) is 116 cm³/mol. The molecule has 2 aromatic rings. The quantitative estimate of drug-likeness (QED) is 0.721. The number of carbonyl (C=O) groups excluding carboxylic acids is 1. The minimum atomic E-state index is -3.48. The van der Waals surface area contributed by atoms with E-state index < -0.39 is 10.0 Å². The van der Waals surface area contributed by atoms with Crippen molar-refractivity contribution in [2.45, 2.75) is 17.7 Å². The molecule has 0 aromatic heterocycles. The molecule has 2 aromatic carbocycles. The Kier molecular flexibility index (Phi) is 6.93. The smallest absolute Gasteiger partial charge is 0.236 e.